The van der Waals surface area contributed by atoms with Crippen molar-refractivity contribution in [3.63, 3.8) is 0 Å². The third kappa shape index (κ3) is 3.28. The van der Waals surface area contributed by atoms with E-state index >= 15 is 0 Å². The molecule has 118 valence electrons. The van der Waals surface area contributed by atoms with Crippen molar-refractivity contribution in [3.8, 4) is 11.8 Å². The molecule has 0 atom stereocenters. The van der Waals surface area contributed by atoms with Crippen LogP contribution in [0.1, 0.15) is 30.8 Å². The number of hydrogen-bond donors (Lipinski definition) is 2. The topological polar surface area (TPSA) is 113 Å². The van der Waals surface area contributed by atoms with E-state index in [-0.39, 0.29) is 24.6 Å². The minimum absolute atomic E-state index is 0.0258. The van der Waals surface area contributed by atoms with Crippen molar-refractivity contribution in [2.24, 2.45) is 0 Å². The number of hydrogen-bond acceptors (Lipinski definition) is 6. The lowest BCUT2D eigenvalue weighted by Gasteiger charge is -2.35. The molecule has 1 amide bonds. The fraction of sp³-hybridized carbons (Fsp3) is 0.533. The van der Waals surface area contributed by atoms with Crippen molar-refractivity contribution >= 4 is 5.91 Å². The van der Waals surface area contributed by atoms with Crippen LogP contribution in [0.5, 0.6) is 5.75 Å². The van der Waals surface area contributed by atoms with E-state index in [9.17, 15) is 14.7 Å². The van der Waals surface area contributed by atoms with Crippen molar-refractivity contribution in [2.45, 2.75) is 31.6 Å². The van der Waals surface area contributed by atoms with Gasteiger partial charge in [0.1, 0.15) is 12.3 Å². The van der Waals surface area contributed by atoms with Crippen LogP contribution in [0, 0.1) is 18.3 Å². The fourth-order valence-electron chi connectivity index (χ4n) is 2.72. The zero-order chi connectivity index (χ0) is 16.2. The van der Waals surface area contributed by atoms with E-state index in [0.717, 1.165) is 0 Å². The highest BCUT2D eigenvalue weighted by Crippen LogP contribution is 2.41. The van der Waals surface area contributed by atoms with Crippen LogP contribution in [0.3, 0.4) is 0 Å². The standard InChI is InChI=1S/C15H18N2O5/c1-10-8-11(18)13(20)14(22-10)15(2-6-21-7-3-15)9-12(19)17-5-4-16/h8,20H,2-3,5-7,9H2,1H3,(H,17,19). The summed E-state index contributed by atoms with van der Waals surface area (Å²) in [5, 5.41) is 21.1. The molecular formula is C15H18N2O5. The molecule has 0 aromatic carbocycles. The van der Waals surface area contributed by atoms with Gasteiger partial charge in [-0.3, -0.25) is 9.59 Å². The molecule has 0 aliphatic carbocycles. The van der Waals surface area contributed by atoms with Gasteiger partial charge in [-0.15, -0.1) is 0 Å². The molecule has 0 bridgehead atoms. The van der Waals surface area contributed by atoms with E-state index in [0.29, 0.717) is 31.8 Å². The van der Waals surface area contributed by atoms with Crippen LogP contribution in [0.25, 0.3) is 0 Å². The van der Waals surface area contributed by atoms with Crippen molar-refractivity contribution in [2.75, 3.05) is 19.8 Å². The van der Waals surface area contributed by atoms with Gasteiger partial charge in [0.15, 0.2) is 5.76 Å². The number of aryl methyl sites for hydroxylation is 1. The number of ether oxygens (including phenoxy) is 1. The first-order valence-electron chi connectivity index (χ1n) is 7.04. The molecule has 1 aliphatic rings. The van der Waals surface area contributed by atoms with E-state index in [1.165, 1.54) is 6.07 Å². The second-order valence-corrected chi connectivity index (χ2v) is 5.40. The first kappa shape index (κ1) is 16.0. The van der Waals surface area contributed by atoms with Crippen LogP contribution in [0.2, 0.25) is 0 Å². The quantitative estimate of drug-likeness (QED) is 0.793. The second kappa shape index (κ2) is 6.62. The van der Waals surface area contributed by atoms with Crippen molar-refractivity contribution in [1.29, 1.82) is 5.26 Å². The number of nitrogens with one attached hydrogen (secondary N) is 1. The van der Waals surface area contributed by atoms with E-state index in [1.807, 2.05) is 6.07 Å². The molecule has 22 heavy (non-hydrogen) atoms. The molecule has 0 unspecified atom stereocenters. The summed E-state index contributed by atoms with van der Waals surface area (Å²) >= 11 is 0. The third-order valence-corrected chi connectivity index (χ3v) is 3.84. The SMILES string of the molecule is Cc1cc(=O)c(O)c(C2(CC(=O)NCC#N)CCOCC2)o1. The van der Waals surface area contributed by atoms with Crippen LogP contribution in [-0.4, -0.2) is 30.8 Å². The zero-order valence-electron chi connectivity index (χ0n) is 12.3. The Bertz CT molecular complexity index is 653. The summed E-state index contributed by atoms with van der Waals surface area (Å²) in [5.41, 5.74) is -1.32. The Balaban J connectivity index is 2.40. The van der Waals surface area contributed by atoms with Crippen LogP contribution >= 0.6 is 0 Å². The van der Waals surface area contributed by atoms with Gasteiger partial charge in [-0.05, 0) is 19.8 Å². The smallest absolute Gasteiger partial charge is 0.227 e. The van der Waals surface area contributed by atoms with E-state index < -0.39 is 16.6 Å². The largest absolute Gasteiger partial charge is 0.502 e. The molecule has 0 spiro atoms. The number of aromatic hydroxyl groups is 1. The molecule has 1 aliphatic heterocycles. The third-order valence-electron chi connectivity index (χ3n) is 3.84. The van der Waals surface area contributed by atoms with Gasteiger partial charge in [0.2, 0.25) is 17.1 Å². The lowest BCUT2D eigenvalue weighted by molar-refractivity contribution is -0.123. The van der Waals surface area contributed by atoms with Crippen LogP contribution < -0.4 is 10.7 Å². The maximum absolute atomic E-state index is 12.0. The first-order valence-corrected chi connectivity index (χ1v) is 7.04. The van der Waals surface area contributed by atoms with Gasteiger partial charge in [-0.1, -0.05) is 0 Å². The van der Waals surface area contributed by atoms with E-state index in [1.54, 1.807) is 6.92 Å². The Kier molecular flexibility index (Phi) is 4.83. The molecule has 2 heterocycles. The predicted octanol–water partition coefficient (Wildman–Crippen LogP) is 0.732. The molecule has 1 saturated heterocycles. The number of nitrogens with zero attached hydrogens (tertiary/aromatic N) is 1. The number of nitriles is 1. The van der Waals surface area contributed by atoms with Crippen LogP contribution in [-0.2, 0) is 14.9 Å². The summed E-state index contributed by atoms with van der Waals surface area (Å²) in [6, 6.07) is 3.05. The average molecular weight is 306 g/mol. The fourth-order valence-corrected chi connectivity index (χ4v) is 2.72. The summed E-state index contributed by atoms with van der Waals surface area (Å²) in [7, 11) is 0. The lowest BCUT2D eigenvalue weighted by Crippen LogP contribution is -2.40. The molecule has 7 heteroatoms. The maximum atomic E-state index is 12.0. The number of carbonyl (C=O) groups excluding carboxylic acids is 1. The van der Waals surface area contributed by atoms with Gasteiger partial charge in [0.05, 0.1) is 6.07 Å². The van der Waals surface area contributed by atoms with Crippen molar-refractivity contribution in [1.82, 2.24) is 5.32 Å². The van der Waals surface area contributed by atoms with Gasteiger partial charge in [-0.2, -0.15) is 5.26 Å². The van der Waals surface area contributed by atoms with Crippen LogP contribution in [0.15, 0.2) is 15.3 Å². The van der Waals surface area contributed by atoms with E-state index in [4.69, 9.17) is 14.4 Å². The molecule has 0 saturated carbocycles. The Labute approximate surface area is 127 Å². The molecule has 1 aromatic heterocycles. The minimum Gasteiger partial charge on any atom is -0.502 e. The summed E-state index contributed by atoms with van der Waals surface area (Å²) in [4.78, 5) is 23.8. The minimum atomic E-state index is -0.799. The van der Waals surface area contributed by atoms with Crippen LogP contribution in [0.4, 0.5) is 0 Å². The van der Waals surface area contributed by atoms with Crippen molar-refractivity contribution in [3.05, 3.63) is 27.8 Å². The molecule has 2 rings (SSSR count). The molecule has 1 fully saturated rings. The average Bonchev–Trinajstić information content (AvgIpc) is 2.49. The number of rotatable bonds is 4. The normalized spacial score (nSPS) is 16.7. The summed E-state index contributed by atoms with van der Waals surface area (Å²) in [6.07, 6.45) is 0.928. The van der Waals surface area contributed by atoms with Gasteiger partial charge < -0.3 is 19.6 Å². The second-order valence-electron chi connectivity index (χ2n) is 5.40. The molecule has 7 nitrogen and oxygen atoms in total. The summed E-state index contributed by atoms with van der Waals surface area (Å²) in [6.45, 7) is 2.34. The number of carbonyl (C=O) groups is 1. The highest BCUT2D eigenvalue weighted by molar-refractivity contribution is 5.78. The number of amides is 1. The Morgan fingerprint density at radius 3 is 2.82 bits per heavy atom. The highest BCUT2D eigenvalue weighted by atomic mass is 16.5. The lowest BCUT2D eigenvalue weighted by atomic mass is 9.74. The maximum Gasteiger partial charge on any atom is 0.227 e. The predicted molar refractivity (Wildman–Crippen MR) is 76.4 cm³/mol. The molecule has 0 radical (unpaired) electrons. The van der Waals surface area contributed by atoms with E-state index in [2.05, 4.69) is 5.32 Å². The monoisotopic (exact) mass is 306 g/mol. The van der Waals surface area contributed by atoms with Crippen molar-refractivity contribution < 1.29 is 19.1 Å². The van der Waals surface area contributed by atoms with Gasteiger partial charge >= 0.3 is 0 Å². The van der Waals surface area contributed by atoms with Gasteiger partial charge in [0.25, 0.3) is 0 Å². The van der Waals surface area contributed by atoms with Gasteiger partial charge in [0, 0.05) is 31.1 Å². The summed E-state index contributed by atoms with van der Waals surface area (Å²) < 4.78 is 10.9. The Hall–Kier alpha value is -2.33. The zero-order valence-corrected chi connectivity index (χ0v) is 12.3. The molecule has 2 N–H and O–H groups in total. The Morgan fingerprint density at radius 2 is 2.18 bits per heavy atom. The summed E-state index contributed by atoms with van der Waals surface area (Å²) in [5.74, 6) is -0.276. The molecular weight excluding hydrogens is 288 g/mol. The highest BCUT2D eigenvalue weighted by Gasteiger charge is 2.41. The van der Waals surface area contributed by atoms with Gasteiger partial charge in [-0.25, -0.2) is 0 Å². The molecule has 1 aromatic rings. The Morgan fingerprint density at radius 1 is 1.50 bits per heavy atom. The first-order chi connectivity index (χ1) is 10.5.